The molecule has 4 nitrogen and oxygen atoms in total. The monoisotopic (exact) mass is 297 g/mol. The highest BCUT2D eigenvalue weighted by Crippen LogP contribution is 2.30. The molecule has 0 spiro atoms. The Morgan fingerprint density at radius 2 is 1.85 bits per heavy atom. The van der Waals surface area contributed by atoms with Gasteiger partial charge < -0.3 is 10.5 Å². The second-order valence-corrected chi connectivity index (χ2v) is 8.00. The molecule has 0 amide bonds. The summed E-state index contributed by atoms with van der Waals surface area (Å²) in [5, 5.41) is -0.451. The van der Waals surface area contributed by atoms with Gasteiger partial charge in [0.05, 0.1) is 17.1 Å². The smallest absolute Gasteiger partial charge is 0.155 e. The van der Waals surface area contributed by atoms with Crippen LogP contribution in [0.4, 0.5) is 0 Å². The summed E-state index contributed by atoms with van der Waals surface area (Å²) in [7, 11) is -3.06. The third-order valence-corrected chi connectivity index (χ3v) is 5.98. The van der Waals surface area contributed by atoms with Crippen molar-refractivity contribution in [2.45, 2.75) is 50.5 Å². The maximum Gasteiger partial charge on any atom is 0.155 e. The summed E-state index contributed by atoms with van der Waals surface area (Å²) in [5.41, 5.74) is 7.03. The highest BCUT2D eigenvalue weighted by atomic mass is 32.2. The molecule has 2 N–H and O–H groups in total. The van der Waals surface area contributed by atoms with Crippen LogP contribution < -0.4 is 10.5 Å². The molecule has 0 aromatic heterocycles. The Morgan fingerprint density at radius 1 is 1.20 bits per heavy atom. The van der Waals surface area contributed by atoms with Gasteiger partial charge in [-0.15, -0.1) is 0 Å². The number of hydrogen-bond acceptors (Lipinski definition) is 4. The minimum atomic E-state index is -3.06. The van der Waals surface area contributed by atoms with E-state index < -0.39 is 21.1 Å². The van der Waals surface area contributed by atoms with E-state index in [9.17, 15) is 8.42 Å². The number of benzene rings is 1. The SMILES string of the molecule is CC(C)Oc1ccc(C(N)C2CCCCS2(=O)=O)cc1. The highest BCUT2D eigenvalue weighted by Gasteiger charge is 2.34. The maximum atomic E-state index is 12.1. The number of hydrogen-bond donors (Lipinski definition) is 1. The predicted molar refractivity (Wildman–Crippen MR) is 80.6 cm³/mol. The maximum absolute atomic E-state index is 12.1. The summed E-state index contributed by atoms with van der Waals surface area (Å²) in [6.45, 7) is 3.93. The first-order chi connectivity index (χ1) is 9.40. The first kappa shape index (κ1) is 15.3. The van der Waals surface area contributed by atoms with Gasteiger partial charge in [0.25, 0.3) is 0 Å². The minimum absolute atomic E-state index is 0.119. The number of sulfone groups is 1. The van der Waals surface area contributed by atoms with Gasteiger partial charge in [0.15, 0.2) is 9.84 Å². The number of ether oxygens (including phenoxy) is 1. The second kappa shape index (κ2) is 6.14. The van der Waals surface area contributed by atoms with Crippen molar-refractivity contribution in [3.05, 3.63) is 29.8 Å². The lowest BCUT2D eigenvalue weighted by molar-refractivity contribution is 0.242. The molecule has 0 saturated carbocycles. The summed E-state index contributed by atoms with van der Waals surface area (Å²) in [5.74, 6) is 1.04. The summed E-state index contributed by atoms with van der Waals surface area (Å²) >= 11 is 0. The van der Waals surface area contributed by atoms with Gasteiger partial charge in [0, 0.05) is 6.04 Å². The summed E-state index contributed by atoms with van der Waals surface area (Å²) in [6, 6.07) is 6.99. The van der Waals surface area contributed by atoms with E-state index in [4.69, 9.17) is 10.5 Å². The Hall–Kier alpha value is -1.07. The molecule has 1 aliphatic heterocycles. The average molecular weight is 297 g/mol. The molecule has 2 unspecified atom stereocenters. The van der Waals surface area contributed by atoms with Crippen molar-refractivity contribution >= 4 is 9.84 Å². The lowest BCUT2D eigenvalue weighted by atomic mass is 10.0. The fourth-order valence-electron chi connectivity index (χ4n) is 2.64. The van der Waals surface area contributed by atoms with Gasteiger partial charge in [0.1, 0.15) is 5.75 Å². The third-order valence-electron chi connectivity index (χ3n) is 3.67. The Bertz CT molecular complexity index is 537. The van der Waals surface area contributed by atoms with E-state index in [1.54, 1.807) is 0 Å². The molecule has 1 saturated heterocycles. The molecule has 5 heteroatoms. The molecule has 1 fully saturated rings. The Morgan fingerprint density at radius 3 is 2.40 bits per heavy atom. The first-order valence-electron chi connectivity index (χ1n) is 7.14. The molecular weight excluding hydrogens is 274 g/mol. The Balaban J connectivity index is 2.14. The van der Waals surface area contributed by atoms with Crippen molar-refractivity contribution in [1.82, 2.24) is 0 Å². The highest BCUT2D eigenvalue weighted by molar-refractivity contribution is 7.92. The molecule has 1 aromatic carbocycles. The van der Waals surface area contributed by atoms with Gasteiger partial charge in [-0.3, -0.25) is 0 Å². The molecule has 0 bridgehead atoms. The van der Waals surface area contributed by atoms with Crippen molar-refractivity contribution < 1.29 is 13.2 Å². The van der Waals surface area contributed by atoms with Crippen LogP contribution >= 0.6 is 0 Å². The molecule has 112 valence electrons. The molecular formula is C15H23NO3S. The van der Waals surface area contributed by atoms with Crippen LogP contribution in [0.3, 0.4) is 0 Å². The molecule has 0 aliphatic carbocycles. The van der Waals surface area contributed by atoms with Crippen molar-refractivity contribution in [2.24, 2.45) is 5.73 Å². The quantitative estimate of drug-likeness (QED) is 0.926. The van der Waals surface area contributed by atoms with Gasteiger partial charge in [-0.25, -0.2) is 8.42 Å². The average Bonchev–Trinajstić information content (AvgIpc) is 2.37. The van der Waals surface area contributed by atoms with Crippen LogP contribution in [0.15, 0.2) is 24.3 Å². The van der Waals surface area contributed by atoms with E-state index in [-0.39, 0.29) is 11.9 Å². The second-order valence-electron chi connectivity index (χ2n) is 5.66. The normalized spacial score (nSPS) is 23.5. The fraction of sp³-hybridized carbons (Fsp3) is 0.600. The van der Waals surface area contributed by atoms with Crippen molar-refractivity contribution in [1.29, 1.82) is 0 Å². The molecule has 1 aromatic rings. The van der Waals surface area contributed by atoms with E-state index in [1.165, 1.54) is 0 Å². The van der Waals surface area contributed by atoms with Crippen molar-refractivity contribution in [2.75, 3.05) is 5.75 Å². The van der Waals surface area contributed by atoms with Gasteiger partial charge >= 0.3 is 0 Å². The zero-order valence-corrected chi connectivity index (χ0v) is 12.9. The topological polar surface area (TPSA) is 69.4 Å². The lowest BCUT2D eigenvalue weighted by Crippen LogP contribution is -2.37. The molecule has 20 heavy (non-hydrogen) atoms. The van der Waals surface area contributed by atoms with E-state index >= 15 is 0 Å². The lowest BCUT2D eigenvalue weighted by Gasteiger charge is -2.27. The standard InChI is InChI=1S/C15H23NO3S/c1-11(2)19-13-8-6-12(7-9-13)15(16)14-5-3-4-10-20(14,17)18/h6-9,11,14-15H,3-5,10,16H2,1-2H3. The van der Waals surface area contributed by atoms with Crippen molar-refractivity contribution in [3.8, 4) is 5.75 Å². The van der Waals surface area contributed by atoms with E-state index in [2.05, 4.69) is 0 Å². The largest absolute Gasteiger partial charge is 0.491 e. The van der Waals surface area contributed by atoms with Gasteiger partial charge in [0.2, 0.25) is 0 Å². The summed E-state index contributed by atoms with van der Waals surface area (Å²) < 4.78 is 29.8. The molecule has 2 atom stereocenters. The van der Waals surface area contributed by atoms with Crippen LogP contribution in [-0.4, -0.2) is 25.5 Å². The zero-order valence-electron chi connectivity index (χ0n) is 12.1. The summed E-state index contributed by atoms with van der Waals surface area (Å²) in [4.78, 5) is 0. The molecule has 1 heterocycles. The third kappa shape index (κ3) is 3.52. The minimum Gasteiger partial charge on any atom is -0.491 e. The van der Waals surface area contributed by atoms with E-state index in [0.29, 0.717) is 6.42 Å². The van der Waals surface area contributed by atoms with Crippen LogP contribution in [0, 0.1) is 0 Å². The van der Waals surface area contributed by atoms with Crippen LogP contribution in [-0.2, 0) is 9.84 Å². The molecule has 1 aliphatic rings. The number of nitrogens with two attached hydrogens (primary N) is 1. The molecule has 0 radical (unpaired) electrons. The van der Waals surface area contributed by atoms with Gasteiger partial charge in [-0.05, 0) is 44.4 Å². The van der Waals surface area contributed by atoms with E-state index in [0.717, 1.165) is 24.2 Å². The Kier molecular flexibility index (Phi) is 4.70. The Labute approximate surface area is 121 Å². The van der Waals surface area contributed by atoms with Crippen LogP contribution in [0.5, 0.6) is 5.75 Å². The van der Waals surface area contributed by atoms with E-state index in [1.807, 2.05) is 38.1 Å². The van der Waals surface area contributed by atoms with Crippen LogP contribution in [0.25, 0.3) is 0 Å². The zero-order chi connectivity index (χ0) is 14.8. The fourth-order valence-corrected chi connectivity index (χ4v) is 4.68. The molecule has 2 rings (SSSR count). The number of rotatable bonds is 4. The van der Waals surface area contributed by atoms with Gasteiger partial charge in [-0.1, -0.05) is 18.6 Å². The van der Waals surface area contributed by atoms with Crippen LogP contribution in [0.1, 0.15) is 44.7 Å². The predicted octanol–water partition coefficient (Wildman–Crippen LogP) is 2.44. The van der Waals surface area contributed by atoms with Gasteiger partial charge in [-0.2, -0.15) is 0 Å². The summed E-state index contributed by atoms with van der Waals surface area (Å²) in [6.07, 6.45) is 2.47. The van der Waals surface area contributed by atoms with Crippen molar-refractivity contribution in [3.63, 3.8) is 0 Å². The first-order valence-corrected chi connectivity index (χ1v) is 8.85. The van der Waals surface area contributed by atoms with Crippen LogP contribution in [0.2, 0.25) is 0 Å².